The summed E-state index contributed by atoms with van der Waals surface area (Å²) in [4.78, 5) is 7.92. The zero-order valence-electron chi connectivity index (χ0n) is 10.8. The average Bonchev–Trinajstić information content (AvgIpc) is 2.43. The van der Waals surface area contributed by atoms with Crippen molar-refractivity contribution < 1.29 is 4.39 Å². The lowest BCUT2D eigenvalue weighted by molar-refractivity contribution is 0.619. The minimum Gasteiger partial charge on any atom is -0.354 e. The van der Waals surface area contributed by atoms with Gasteiger partial charge in [-0.3, -0.25) is 0 Å². The van der Waals surface area contributed by atoms with E-state index in [1.807, 2.05) is 6.92 Å². The number of hydrogen-bond acceptors (Lipinski definition) is 4. The first-order valence-corrected chi connectivity index (χ1v) is 6.85. The first-order valence-electron chi connectivity index (χ1n) is 6.09. The van der Waals surface area contributed by atoms with Crippen molar-refractivity contribution in [3.05, 3.63) is 40.3 Å². The van der Waals surface area contributed by atoms with Crippen LogP contribution in [-0.4, -0.2) is 16.5 Å². The highest BCUT2D eigenvalue weighted by Crippen LogP contribution is 2.32. The third-order valence-electron chi connectivity index (χ3n) is 2.48. The van der Waals surface area contributed by atoms with Crippen LogP contribution in [-0.2, 0) is 0 Å². The van der Waals surface area contributed by atoms with E-state index in [0.717, 1.165) is 12.6 Å². The quantitative estimate of drug-likeness (QED) is 0.853. The number of benzene rings is 1. The molecule has 1 aromatic heterocycles. The first-order chi connectivity index (χ1) is 9.61. The van der Waals surface area contributed by atoms with Gasteiger partial charge in [-0.2, -0.15) is 4.98 Å². The molecule has 20 heavy (non-hydrogen) atoms. The molecule has 1 aromatic carbocycles. The van der Waals surface area contributed by atoms with Gasteiger partial charge in [-0.1, -0.05) is 36.2 Å². The zero-order valence-corrected chi connectivity index (χ0v) is 12.3. The molecule has 0 unspecified atom stereocenters. The van der Waals surface area contributed by atoms with Gasteiger partial charge in [0.25, 0.3) is 0 Å². The van der Waals surface area contributed by atoms with Crippen LogP contribution in [0.3, 0.4) is 0 Å². The molecule has 0 bridgehead atoms. The summed E-state index contributed by atoms with van der Waals surface area (Å²) in [5, 5.41) is 6.55. The van der Waals surface area contributed by atoms with Gasteiger partial charge in [-0.05, 0) is 18.6 Å². The maximum atomic E-state index is 13.7. The SMILES string of the molecule is CCCNc1ncc(F)c(Nc2c(Cl)cccc2Cl)n1. The van der Waals surface area contributed by atoms with Gasteiger partial charge in [-0.15, -0.1) is 0 Å². The highest BCUT2D eigenvalue weighted by molar-refractivity contribution is 6.39. The minimum absolute atomic E-state index is 0.0219. The summed E-state index contributed by atoms with van der Waals surface area (Å²) in [6, 6.07) is 5.02. The monoisotopic (exact) mass is 314 g/mol. The predicted molar refractivity (Wildman–Crippen MR) is 80.5 cm³/mol. The maximum Gasteiger partial charge on any atom is 0.224 e. The summed E-state index contributed by atoms with van der Waals surface area (Å²) >= 11 is 12.1. The molecular formula is C13H13Cl2FN4. The number of nitrogens with zero attached hydrogens (tertiary/aromatic N) is 2. The van der Waals surface area contributed by atoms with Gasteiger partial charge in [0.15, 0.2) is 11.6 Å². The number of halogens is 3. The molecule has 0 aliphatic carbocycles. The molecule has 1 heterocycles. The van der Waals surface area contributed by atoms with Crippen LogP contribution in [0.5, 0.6) is 0 Å². The molecular weight excluding hydrogens is 302 g/mol. The molecule has 0 amide bonds. The molecule has 0 fully saturated rings. The van der Waals surface area contributed by atoms with Crippen LogP contribution in [0.1, 0.15) is 13.3 Å². The second kappa shape index (κ2) is 6.72. The van der Waals surface area contributed by atoms with Crippen LogP contribution >= 0.6 is 23.2 Å². The molecule has 2 rings (SSSR count). The Morgan fingerprint density at radius 2 is 1.95 bits per heavy atom. The third-order valence-corrected chi connectivity index (χ3v) is 3.11. The number of rotatable bonds is 5. The molecule has 0 aliphatic heterocycles. The summed E-state index contributed by atoms with van der Waals surface area (Å²) in [7, 11) is 0. The van der Waals surface area contributed by atoms with Gasteiger partial charge >= 0.3 is 0 Å². The Labute approximate surface area is 126 Å². The molecule has 2 N–H and O–H groups in total. The summed E-state index contributed by atoms with van der Waals surface area (Å²) < 4.78 is 13.7. The lowest BCUT2D eigenvalue weighted by Gasteiger charge is -2.11. The lowest BCUT2D eigenvalue weighted by atomic mass is 10.3. The van der Waals surface area contributed by atoms with Crippen molar-refractivity contribution in [1.29, 1.82) is 0 Å². The molecule has 4 nitrogen and oxygen atoms in total. The van der Waals surface area contributed by atoms with Gasteiger partial charge < -0.3 is 10.6 Å². The molecule has 0 atom stereocenters. The van der Waals surface area contributed by atoms with Gasteiger partial charge in [0.2, 0.25) is 5.95 Å². The molecule has 106 valence electrons. The minimum atomic E-state index is -0.581. The molecule has 0 aliphatic rings. The van der Waals surface area contributed by atoms with Gasteiger partial charge in [0.1, 0.15) is 0 Å². The van der Waals surface area contributed by atoms with E-state index < -0.39 is 5.82 Å². The fraction of sp³-hybridized carbons (Fsp3) is 0.231. The van der Waals surface area contributed by atoms with Crippen molar-refractivity contribution >= 4 is 40.7 Å². The lowest BCUT2D eigenvalue weighted by Crippen LogP contribution is -2.07. The summed E-state index contributed by atoms with van der Waals surface area (Å²) in [5.74, 6) is -0.212. The Morgan fingerprint density at radius 1 is 1.25 bits per heavy atom. The first kappa shape index (κ1) is 14.8. The van der Waals surface area contributed by atoms with Crippen molar-refractivity contribution in [2.24, 2.45) is 0 Å². The van der Waals surface area contributed by atoms with E-state index >= 15 is 0 Å². The van der Waals surface area contributed by atoms with Gasteiger partial charge in [0, 0.05) is 6.54 Å². The highest BCUT2D eigenvalue weighted by atomic mass is 35.5. The number of aromatic nitrogens is 2. The van der Waals surface area contributed by atoms with E-state index in [2.05, 4.69) is 20.6 Å². The summed E-state index contributed by atoms with van der Waals surface area (Å²) in [5.41, 5.74) is 0.412. The van der Waals surface area contributed by atoms with E-state index in [4.69, 9.17) is 23.2 Å². The molecule has 0 saturated carbocycles. The van der Waals surface area contributed by atoms with Crippen LogP contribution in [0.15, 0.2) is 24.4 Å². The number of para-hydroxylation sites is 1. The van der Waals surface area contributed by atoms with Crippen LogP contribution in [0, 0.1) is 5.82 Å². The fourth-order valence-electron chi connectivity index (χ4n) is 1.51. The second-order valence-electron chi connectivity index (χ2n) is 4.04. The van der Waals surface area contributed by atoms with Crippen LogP contribution in [0.4, 0.5) is 21.8 Å². The number of nitrogens with one attached hydrogen (secondary N) is 2. The van der Waals surface area contributed by atoms with E-state index in [9.17, 15) is 4.39 Å². The normalized spacial score (nSPS) is 10.4. The van der Waals surface area contributed by atoms with Crippen LogP contribution < -0.4 is 10.6 Å². The van der Waals surface area contributed by atoms with E-state index in [0.29, 0.717) is 28.2 Å². The second-order valence-corrected chi connectivity index (χ2v) is 4.85. The smallest absolute Gasteiger partial charge is 0.224 e. The highest BCUT2D eigenvalue weighted by Gasteiger charge is 2.11. The molecule has 2 aromatic rings. The Morgan fingerprint density at radius 3 is 2.60 bits per heavy atom. The number of hydrogen-bond donors (Lipinski definition) is 2. The standard InChI is InChI=1S/C13H13Cl2FN4/c1-2-6-17-13-18-7-10(16)12(20-13)19-11-8(14)4-3-5-9(11)15/h3-5,7H,2,6H2,1H3,(H2,17,18,19,20). The van der Waals surface area contributed by atoms with E-state index in [-0.39, 0.29) is 5.82 Å². The van der Waals surface area contributed by atoms with Gasteiger partial charge in [-0.25, -0.2) is 9.37 Å². The Bertz CT molecular complexity index is 587. The topological polar surface area (TPSA) is 49.8 Å². The third kappa shape index (κ3) is 3.49. The van der Waals surface area contributed by atoms with E-state index in [1.165, 1.54) is 0 Å². The molecule has 0 radical (unpaired) electrons. The summed E-state index contributed by atoms with van der Waals surface area (Å²) in [6.45, 7) is 2.72. The predicted octanol–water partition coefficient (Wildman–Crippen LogP) is 4.49. The fourth-order valence-corrected chi connectivity index (χ4v) is 2.00. The van der Waals surface area contributed by atoms with Crippen LogP contribution in [0.2, 0.25) is 10.0 Å². The van der Waals surface area contributed by atoms with E-state index in [1.54, 1.807) is 18.2 Å². The molecule has 0 saturated heterocycles. The number of anilines is 3. The average molecular weight is 315 g/mol. The van der Waals surface area contributed by atoms with Crippen molar-refractivity contribution in [2.45, 2.75) is 13.3 Å². The van der Waals surface area contributed by atoms with Gasteiger partial charge in [0.05, 0.1) is 21.9 Å². The molecule has 7 heteroatoms. The van der Waals surface area contributed by atoms with Crippen molar-refractivity contribution in [2.75, 3.05) is 17.2 Å². The maximum absolute atomic E-state index is 13.7. The molecule has 0 spiro atoms. The van der Waals surface area contributed by atoms with Crippen molar-refractivity contribution in [3.8, 4) is 0 Å². The Hall–Kier alpha value is -1.59. The Balaban J connectivity index is 2.28. The Kier molecular flexibility index (Phi) is 4.98. The van der Waals surface area contributed by atoms with Crippen molar-refractivity contribution in [3.63, 3.8) is 0 Å². The largest absolute Gasteiger partial charge is 0.354 e. The summed E-state index contributed by atoms with van der Waals surface area (Å²) in [6.07, 6.45) is 2.01. The van der Waals surface area contributed by atoms with Crippen LogP contribution in [0.25, 0.3) is 0 Å². The van der Waals surface area contributed by atoms with Crippen molar-refractivity contribution in [1.82, 2.24) is 9.97 Å². The zero-order chi connectivity index (χ0) is 14.5.